The summed E-state index contributed by atoms with van der Waals surface area (Å²) in [5, 5.41) is 6.42. The zero-order chi connectivity index (χ0) is 12.4. The molecule has 0 spiro atoms. The van der Waals surface area contributed by atoms with Crippen molar-refractivity contribution in [3.63, 3.8) is 0 Å². The zero-order valence-corrected chi connectivity index (χ0v) is 10.4. The second kappa shape index (κ2) is 4.98. The second-order valence-corrected chi connectivity index (χ2v) is 5.05. The standard InChI is InChI=1S/C14H19N3O/c18-14-16-13(11-4-2-1-3-5-11)10-17(14)12-6-8-15-9-7-12/h1-5,12-13,15H,6-10H2,(H,16,18)/t13-/m1/s1. The van der Waals surface area contributed by atoms with Crippen LogP contribution in [0.3, 0.4) is 0 Å². The molecule has 18 heavy (non-hydrogen) atoms. The van der Waals surface area contributed by atoms with Crippen LogP contribution in [0.25, 0.3) is 0 Å². The van der Waals surface area contributed by atoms with Gasteiger partial charge in [-0.3, -0.25) is 0 Å². The fraction of sp³-hybridized carbons (Fsp3) is 0.500. The summed E-state index contributed by atoms with van der Waals surface area (Å²) in [6, 6.07) is 10.9. The first-order chi connectivity index (χ1) is 8.84. The fourth-order valence-electron chi connectivity index (χ4n) is 2.86. The van der Waals surface area contributed by atoms with Crippen molar-refractivity contribution < 1.29 is 4.79 Å². The molecule has 2 saturated heterocycles. The van der Waals surface area contributed by atoms with Gasteiger partial charge in [0.05, 0.1) is 6.04 Å². The summed E-state index contributed by atoms with van der Waals surface area (Å²) in [6.45, 7) is 2.84. The molecule has 2 aliphatic rings. The highest BCUT2D eigenvalue weighted by Gasteiger charge is 2.34. The summed E-state index contributed by atoms with van der Waals surface area (Å²) in [6.07, 6.45) is 2.13. The average Bonchev–Trinajstić information content (AvgIpc) is 2.83. The lowest BCUT2D eigenvalue weighted by molar-refractivity contribution is 0.182. The van der Waals surface area contributed by atoms with Crippen LogP contribution in [0.5, 0.6) is 0 Å². The fourth-order valence-corrected chi connectivity index (χ4v) is 2.86. The highest BCUT2D eigenvalue weighted by Crippen LogP contribution is 2.24. The first-order valence-electron chi connectivity index (χ1n) is 6.67. The van der Waals surface area contributed by atoms with Gasteiger partial charge in [0.15, 0.2) is 0 Å². The van der Waals surface area contributed by atoms with Gasteiger partial charge in [-0.2, -0.15) is 0 Å². The van der Waals surface area contributed by atoms with E-state index in [-0.39, 0.29) is 12.1 Å². The number of nitrogens with zero attached hydrogens (tertiary/aromatic N) is 1. The lowest BCUT2D eigenvalue weighted by Gasteiger charge is -2.30. The minimum Gasteiger partial charge on any atom is -0.329 e. The van der Waals surface area contributed by atoms with Gasteiger partial charge < -0.3 is 15.5 Å². The third kappa shape index (κ3) is 2.20. The number of benzene rings is 1. The van der Waals surface area contributed by atoms with E-state index in [0.29, 0.717) is 6.04 Å². The van der Waals surface area contributed by atoms with Crippen LogP contribution in [0.4, 0.5) is 4.79 Å². The first kappa shape index (κ1) is 11.5. The summed E-state index contributed by atoms with van der Waals surface area (Å²) in [7, 11) is 0. The van der Waals surface area contributed by atoms with Gasteiger partial charge in [0.25, 0.3) is 0 Å². The molecule has 2 fully saturated rings. The Morgan fingerprint density at radius 2 is 1.83 bits per heavy atom. The Balaban J connectivity index is 1.70. The molecule has 0 unspecified atom stereocenters. The molecule has 4 nitrogen and oxygen atoms in total. The molecule has 0 saturated carbocycles. The predicted octanol–water partition coefficient (Wildman–Crippen LogP) is 1.50. The number of nitrogens with one attached hydrogen (secondary N) is 2. The maximum Gasteiger partial charge on any atom is 0.318 e. The predicted molar refractivity (Wildman–Crippen MR) is 70.3 cm³/mol. The maximum atomic E-state index is 12.1. The average molecular weight is 245 g/mol. The molecule has 0 radical (unpaired) electrons. The normalized spacial score (nSPS) is 25.2. The van der Waals surface area contributed by atoms with Crippen molar-refractivity contribution in [3.8, 4) is 0 Å². The van der Waals surface area contributed by atoms with Crippen LogP contribution < -0.4 is 10.6 Å². The van der Waals surface area contributed by atoms with Crippen molar-refractivity contribution in [2.45, 2.75) is 24.9 Å². The summed E-state index contributed by atoms with van der Waals surface area (Å²) in [5.74, 6) is 0. The van der Waals surface area contributed by atoms with E-state index in [0.717, 1.165) is 32.5 Å². The first-order valence-corrected chi connectivity index (χ1v) is 6.67. The van der Waals surface area contributed by atoms with E-state index >= 15 is 0 Å². The molecule has 0 aliphatic carbocycles. The number of carbonyl (C=O) groups excluding carboxylic acids is 1. The zero-order valence-electron chi connectivity index (χ0n) is 10.4. The van der Waals surface area contributed by atoms with Crippen molar-refractivity contribution in [1.82, 2.24) is 15.5 Å². The van der Waals surface area contributed by atoms with E-state index in [1.165, 1.54) is 5.56 Å². The van der Waals surface area contributed by atoms with Gasteiger partial charge in [-0.05, 0) is 31.5 Å². The van der Waals surface area contributed by atoms with Crippen LogP contribution in [-0.4, -0.2) is 36.6 Å². The summed E-state index contributed by atoms with van der Waals surface area (Å²) in [4.78, 5) is 14.1. The molecule has 0 aromatic heterocycles. The van der Waals surface area contributed by atoms with Gasteiger partial charge in [0, 0.05) is 12.6 Å². The minimum absolute atomic E-state index is 0.0933. The Morgan fingerprint density at radius 3 is 2.56 bits per heavy atom. The topological polar surface area (TPSA) is 44.4 Å². The smallest absolute Gasteiger partial charge is 0.318 e. The quantitative estimate of drug-likeness (QED) is 0.829. The number of rotatable bonds is 2. The Morgan fingerprint density at radius 1 is 1.11 bits per heavy atom. The number of hydrogen-bond donors (Lipinski definition) is 2. The molecular weight excluding hydrogens is 226 g/mol. The highest BCUT2D eigenvalue weighted by molar-refractivity contribution is 5.77. The van der Waals surface area contributed by atoms with Gasteiger partial charge >= 0.3 is 6.03 Å². The van der Waals surface area contributed by atoms with Crippen molar-refractivity contribution in [2.75, 3.05) is 19.6 Å². The van der Waals surface area contributed by atoms with Crippen molar-refractivity contribution in [1.29, 1.82) is 0 Å². The largest absolute Gasteiger partial charge is 0.329 e. The molecule has 2 heterocycles. The Hall–Kier alpha value is -1.55. The van der Waals surface area contributed by atoms with Crippen LogP contribution >= 0.6 is 0 Å². The number of hydrogen-bond acceptors (Lipinski definition) is 2. The Kier molecular flexibility index (Phi) is 3.19. The third-order valence-corrected chi connectivity index (χ3v) is 3.89. The molecule has 1 aromatic carbocycles. The van der Waals surface area contributed by atoms with Crippen molar-refractivity contribution >= 4 is 6.03 Å². The molecule has 4 heteroatoms. The maximum absolute atomic E-state index is 12.1. The van der Waals surface area contributed by atoms with Gasteiger partial charge in [-0.1, -0.05) is 30.3 Å². The highest BCUT2D eigenvalue weighted by atomic mass is 16.2. The van der Waals surface area contributed by atoms with E-state index in [1.807, 2.05) is 23.1 Å². The molecule has 3 rings (SSSR count). The molecule has 2 N–H and O–H groups in total. The lowest BCUT2D eigenvalue weighted by atomic mass is 10.0. The number of amides is 2. The molecule has 2 amide bonds. The SMILES string of the molecule is O=C1N[C@@H](c2ccccc2)CN1C1CCNCC1. The summed E-state index contributed by atoms with van der Waals surface area (Å²) < 4.78 is 0. The number of carbonyl (C=O) groups is 1. The van der Waals surface area contributed by atoms with E-state index in [9.17, 15) is 4.79 Å². The summed E-state index contributed by atoms with van der Waals surface area (Å²) in [5.41, 5.74) is 1.20. The van der Waals surface area contributed by atoms with Gasteiger partial charge in [0.2, 0.25) is 0 Å². The van der Waals surface area contributed by atoms with Crippen LogP contribution in [0.2, 0.25) is 0 Å². The van der Waals surface area contributed by atoms with Crippen molar-refractivity contribution in [3.05, 3.63) is 35.9 Å². The van der Waals surface area contributed by atoms with Gasteiger partial charge in [-0.25, -0.2) is 4.79 Å². The molecule has 2 aliphatic heterocycles. The molecule has 1 aromatic rings. The van der Waals surface area contributed by atoms with Crippen LogP contribution in [0, 0.1) is 0 Å². The molecule has 96 valence electrons. The molecule has 0 bridgehead atoms. The van der Waals surface area contributed by atoms with E-state index in [4.69, 9.17) is 0 Å². The minimum atomic E-state index is 0.0933. The second-order valence-electron chi connectivity index (χ2n) is 5.05. The van der Waals surface area contributed by atoms with Crippen LogP contribution in [-0.2, 0) is 0 Å². The third-order valence-electron chi connectivity index (χ3n) is 3.89. The Bertz CT molecular complexity index is 414. The van der Waals surface area contributed by atoms with E-state index < -0.39 is 0 Å². The van der Waals surface area contributed by atoms with Crippen LogP contribution in [0.15, 0.2) is 30.3 Å². The van der Waals surface area contributed by atoms with Crippen molar-refractivity contribution in [2.24, 2.45) is 0 Å². The summed E-state index contributed by atoms with van der Waals surface area (Å²) >= 11 is 0. The van der Waals surface area contributed by atoms with E-state index in [1.54, 1.807) is 0 Å². The lowest BCUT2D eigenvalue weighted by Crippen LogP contribution is -2.44. The van der Waals surface area contributed by atoms with Gasteiger partial charge in [-0.15, -0.1) is 0 Å². The monoisotopic (exact) mass is 245 g/mol. The Labute approximate surface area is 107 Å². The van der Waals surface area contributed by atoms with E-state index in [2.05, 4.69) is 22.8 Å². The van der Waals surface area contributed by atoms with Crippen LogP contribution in [0.1, 0.15) is 24.4 Å². The number of piperidine rings is 1. The molecular formula is C14H19N3O. The van der Waals surface area contributed by atoms with Gasteiger partial charge in [0.1, 0.15) is 0 Å². The molecule has 1 atom stereocenters. The number of urea groups is 1.